The van der Waals surface area contributed by atoms with E-state index in [-0.39, 0.29) is 16.4 Å². The summed E-state index contributed by atoms with van der Waals surface area (Å²) in [5, 5.41) is 30.7. The second-order valence-corrected chi connectivity index (χ2v) is 3.13. The summed E-state index contributed by atoms with van der Waals surface area (Å²) in [7, 11) is 0. The molecule has 0 amide bonds. The molecular weight excluding hydrogens is 246 g/mol. The van der Waals surface area contributed by atoms with Crippen molar-refractivity contribution in [2.45, 2.75) is 0 Å². The standard InChI is InChI=1S/C9H4ClN5O2/c10-8-3-6(1-2-9(8)15(16)17)13-14-7(4-11)5-12/h1-3,13H. The normalized spacial score (nSPS) is 8.65. The van der Waals surface area contributed by atoms with Gasteiger partial charge >= 0.3 is 0 Å². The summed E-state index contributed by atoms with van der Waals surface area (Å²) in [6.07, 6.45) is 0. The molecule has 0 bridgehead atoms. The molecule has 0 aromatic heterocycles. The van der Waals surface area contributed by atoms with Crippen molar-refractivity contribution in [1.82, 2.24) is 0 Å². The summed E-state index contributed by atoms with van der Waals surface area (Å²) in [6, 6.07) is 6.93. The molecular formula is C9H4ClN5O2. The first-order valence-corrected chi connectivity index (χ1v) is 4.54. The molecule has 0 aliphatic rings. The highest BCUT2D eigenvalue weighted by molar-refractivity contribution is 6.32. The van der Waals surface area contributed by atoms with E-state index in [1.54, 1.807) is 12.1 Å². The number of halogens is 1. The van der Waals surface area contributed by atoms with Crippen LogP contribution >= 0.6 is 11.6 Å². The molecule has 1 rings (SSSR count). The number of nitro benzene ring substituents is 1. The largest absolute Gasteiger partial charge is 0.288 e. The molecule has 1 aromatic rings. The van der Waals surface area contributed by atoms with E-state index in [4.69, 9.17) is 22.1 Å². The van der Waals surface area contributed by atoms with Gasteiger partial charge in [0, 0.05) is 6.07 Å². The maximum atomic E-state index is 10.5. The molecule has 0 saturated carbocycles. The monoisotopic (exact) mass is 249 g/mol. The van der Waals surface area contributed by atoms with Crippen LogP contribution in [-0.2, 0) is 0 Å². The van der Waals surface area contributed by atoms with Gasteiger partial charge in [-0.3, -0.25) is 15.5 Å². The molecule has 0 aliphatic carbocycles. The van der Waals surface area contributed by atoms with Crippen molar-refractivity contribution < 1.29 is 4.92 Å². The van der Waals surface area contributed by atoms with Gasteiger partial charge in [-0.05, 0) is 12.1 Å². The highest BCUT2D eigenvalue weighted by Gasteiger charge is 2.11. The third-order valence-electron chi connectivity index (χ3n) is 1.65. The van der Waals surface area contributed by atoms with Gasteiger partial charge in [0.25, 0.3) is 5.69 Å². The lowest BCUT2D eigenvalue weighted by Crippen LogP contribution is -1.97. The van der Waals surface area contributed by atoms with E-state index < -0.39 is 4.92 Å². The number of anilines is 1. The molecule has 1 N–H and O–H groups in total. The fourth-order valence-corrected chi connectivity index (χ4v) is 1.17. The van der Waals surface area contributed by atoms with Gasteiger partial charge in [0.1, 0.15) is 17.2 Å². The highest BCUT2D eigenvalue weighted by atomic mass is 35.5. The first kappa shape index (κ1) is 12.4. The molecule has 0 saturated heterocycles. The number of nitriles is 2. The smallest absolute Gasteiger partial charge is 0.276 e. The van der Waals surface area contributed by atoms with Crippen LogP contribution in [0.5, 0.6) is 0 Å². The average molecular weight is 250 g/mol. The molecule has 1 aromatic carbocycles. The van der Waals surface area contributed by atoms with Crippen molar-refractivity contribution in [1.29, 1.82) is 10.5 Å². The van der Waals surface area contributed by atoms with E-state index in [1.807, 2.05) is 0 Å². The first-order valence-electron chi connectivity index (χ1n) is 4.16. The van der Waals surface area contributed by atoms with E-state index in [0.29, 0.717) is 5.69 Å². The minimum atomic E-state index is -0.620. The van der Waals surface area contributed by atoms with Gasteiger partial charge in [-0.2, -0.15) is 15.6 Å². The topological polar surface area (TPSA) is 115 Å². The van der Waals surface area contributed by atoms with Crippen LogP contribution in [0.4, 0.5) is 11.4 Å². The molecule has 8 heteroatoms. The van der Waals surface area contributed by atoms with Gasteiger partial charge in [-0.25, -0.2) is 0 Å². The summed E-state index contributed by atoms with van der Waals surface area (Å²) in [5.74, 6) is 0. The first-order chi connectivity index (χ1) is 8.08. The fourth-order valence-electron chi connectivity index (χ4n) is 0.920. The molecule has 17 heavy (non-hydrogen) atoms. The van der Waals surface area contributed by atoms with Crippen molar-refractivity contribution >= 4 is 28.7 Å². The number of nitro groups is 1. The Morgan fingerprint density at radius 2 is 2.12 bits per heavy atom. The van der Waals surface area contributed by atoms with Crippen LogP contribution in [0.25, 0.3) is 0 Å². The lowest BCUT2D eigenvalue weighted by atomic mass is 10.3. The zero-order valence-electron chi connectivity index (χ0n) is 8.22. The van der Waals surface area contributed by atoms with Crippen molar-refractivity contribution in [3.8, 4) is 12.1 Å². The maximum Gasteiger partial charge on any atom is 0.288 e. The van der Waals surface area contributed by atoms with Crippen molar-refractivity contribution in [3.63, 3.8) is 0 Å². The molecule has 84 valence electrons. The van der Waals surface area contributed by atoms with Crippen LogP contribution in [0.3, 0.4) is 0 Å². The molecule has 0 atom stereocenters. The predicted octanol–water partition coefficient (Wildman–Crippen LogP) is 2.06. The number of benzene rings is 1. The molecule has 0 fully saturated rings. The van der Waals surface area contributed by atoms with Gasteiger partial charge in [-0.1, -0.05) is 11.6 Å². The van der Waals surface area contributed by atoms with Crippen LogP contribution in [0.1, 0.15) is 0 Å². The Bertz CT molecular complexity index is 554. The third kappa shape index (κ3) is 3.16. The number of rotatable bonds is 3. The van der Waals surface area contributed by atoms with Crippen molar-refractivity contribution in [2.75, 3.05) is 5.43 Å². The predicted molar refractivity (Wildman–Crippen MR) is 60.4 cm³/mol. The van der Waals surface area contributed by atoms with Gasteiger partial charge in [0.15, 0.2) is 0 Å². The summed E-state index contributed by atoms with van der Waals surface area (Å²) >= 11 is 5.65. The summed E-state index contributed by atoms with van der Waals surface area (Å²) < 4.78 is 0. The quantitative estimate of drug-likeness (QED) is 0.500. The molecule has 0 spiro atoms. The Hall–Kier alpha value is -2.64. The van der Waals surface area contributed by atoms with Crippen LogP contribution in [-0.4, -0.2) is 10.6 Å². The Balaban J connectivity index is 2.94. The van der Waals surface area contributed by atoms with E-state index >= 15 is 0 Å². The Kier molecular flexibility index (Phi) is 3.98. The van der Waals surface area contributed by atoms with Gasteiger partial charge in [0.05, 0.1) is 10.6 Å². The minimum Gasteiger partial charge on any atom is -0.276 e. The van der Waals surface area contributed by atoms with Crippen LogP contribution in [0.15, 0.2) is 23.3 Å². The molecule has 7 nitrogen and oxygen atoms in total. The summed E-state index contributed by atoms with van der Waals surface area (Å²) in [6.45, 7) is 0. The SMILES string of the molecule is N#CC(C#N)=NNc1ccc([N+](=O)[O-])c(Cl)c1. The third-order valence-corrected chi connectivity index (χ3v) is 1.96. The highest BCUT2D eigenvalue weighted by Crippen LogP contribution is 2.27. The zero-order chi connectivity index (χ0) is 12.8. The van der Waals surface area contributed by atoms with Gasteiger partial charge in [0.2, 0.25) is 5.71 Å². The number of nitrogens with zero attached hydrogens (tertiary/aromatic N) is 4. The lowest BCUT2D eigenvalue weighted by molar-refractivity contribution is -0.384. The van der Waals surface area contributed by atoms with Gasteiger partial charge in [-0.15, -0.1) is 0 Å². The molecule has 0 heterocycles. The maximum absolute atomic E-state index is 10.5. The van der Waals surface area contributed by atoms with E-state index in [0.717, 1.165) is 0 Å². The van der Waals surface area contributed by atoms with Crippen LogP contribution < -0.4 is 5.43 Å². The summed E-state index contributed by atoms with van der Waals surface area (Å²) in [5.41, 5.74) is 2.13. The Morgan fingerprint density at radius 3 is 2.59 bits per heavy atom. The second kappa shape index (κ2) is 5.45. The van der Waals surface area contributed by atoms with E-state index in [2.05, 4.69) is 10.5 Å². The number of hydrogen-bond donors (Lipinski definition) is 1. The van der Waals surface area contributed by atoms with Crippen LogP contribution in [0.2, 0.25) is 5.02 Å². The molecule has 0 aliphatic heterocycles. The van der Waals surface area contributed by atoms with Crippen molar-refractivity contribution in [3.05, 3.63) is 33.3 Å². The van der Waals surface area contributed by atoms with Crippen molar-refractivity contribution in [2.24, 2.45) is 5.10 Å². The number of nitrogens with one attached hydrogen (secondary N) is 1. The van der Waals surface area contributed by atoms with Crippen LogP contribution in [0, 0.1) is 32.8 Å². The zero-order valence-corrected chi connectivity index (χ0v) is 8.97. The number of hydrogen-bond acceptors (Lipinski definition) is 6. The van der Waals surface area contributed by atoms with E-state index in [9.17, 15) is 10.1 Å². The second-order valence-electron chi connectivity index (χ2n) is 2.72. The molecule has 0 unspecified atom stereocenters. The summed E-state index contributed by atoms with van der Waals surface area (Å²) in [4.78, 5) is 9.86. The Labute approximate surface area is 101 Å². The fraction of sp³-hybridized carbons (Fsp3) is 0. The average Bonchev–Trinajstić information content (AvgIpc) is 2.30. The Morgan fingerprint density at radius 1 is 1.47 bits per heavy atom. The van der Waals surface area contributed by atoms with E-state index in [1.165, 1.54) is 18.2 Å². The lowest BCUT2D eigenvalue weighted by Gasteiger charge is -2.00. The molecule has 0 radical (unpaired) electrons. The van der Waals surface area contributed by atoms with Gasteiger partial charge < -0.3 is 0 Å². The minimum absolute atomic E-state index is 0.0642. The number of hydrazone groups is 1.